The fourth-order valence-corrected chi connectivity index (χ4v) is 2.64. The normalized spacial score (nSPS) is 11.3. The van der Waals surface area contributed by atoms with Gasteiger partial charge in [0.2, 0.25) is 0 Å². The lowest BCUT2D eigenvalue weighted by atomic mass is 10.1. The van der Waals surface area contributed by atoms with Gasteiger partial charge in [-0.05, 0) is 63.2 Å². The predicted octanol–water partition coefficient (Wildman–Crippen LogP) is 3.93. The summed E-state index contributed by atoms with van der Waals surface area (Å²) in [6, 6.07) is 7.79. The molecule has 1 heterocycles. The van der Waals surface area contributed by atoms with E-state index >= 15 is 0 Å². The van der Waals surface area contributed by atoms with Crippen LogP contribution in [0.25, 0.3) is 0 Å². The molecular formula is C19H23N3O3S. The van der Waals surface area contributed by atoms with Gasteiger partial charge in [0.15, 0.2) is 5.11 Å². The number of rotatable bonds is 6. The molecule has 0 saturated heterocycles. The van der Waals surface area contributed by atoms with E-state index in [1.807, 2.05) is 52.0 Å². The molecule has 0 saturated carbocycles. The van der Waals surface area contributed by atoms with Gasteiger partial charge in [0.1, 0.15) is 11.5 Å². The Kier molecular flexibility index (Phi) is 6.52. The van der Waals surface area contributed by atoms with E-state index in [-0.39, 0.29) is 6.42 Å². The summed E-state index contributed by atoms with van der Waals surface area (Å²) in [6.45, 7) is 7.74. The fraction of sp³-hybridized carbons (Fsp3) is 0.316. The van der Waals surface area contributed by atoms with Crippen LogP contribution in [0, 0.1) is 20.8 Å². The molecule has 0 aliphatic heterocycles. The van der Waals surface area contributed by atoms with Crippen molar-refractivity contribution in [3.63, 3.8) is 0 Å². The Hall–Kier alpha value is -2.67. The number of anilines is 1. The minimum Gasteiger partial charge on any atom is -0.481 e. The molecule has 0 atom stereocenters. The summed E-state index contributed by atoms with van der Waals surface area (Å²) in [4.78, 5) is 10.7. The summed E-state index contributed by atoms with van der Waals surface area (Å²) in [5.74, 6) is 0.475. The number of hydrogen-bond acceptors (Lipinski definition) is 4. The third-order valence-corrected chi connectivity index (χ3v) is 4.32. The van der Waals surface area contributed by atoms with E-state index in [0.29, 0.717) is 28.8 Å². The number of carboxylic acids is 1. The van der Waals surface area contributed by atoms with E-state index in [2.05, 4.69) is 15.8 Å². The highest BCUT2D eigenvalue weighted by Gasteiger charge is 2.11. The van der Waals surface area contributed by atoms with E-state index in [9.17, 15) is 4.79 Å². The van der Waals surface area contributed by atoms with Crippen molar-refractivity contribution in [1.82, 2.24) is 5.43 Å². The van der Waals surface area contributed by atoms with Crippen LogP contribution < -0.4 is 10.7 Å². The standard InChI is InChI=1S/C19H23N3O3S/c1-11-6-5-7-17(12(11)2)20-19(26)22-21-13(3)16-10-15(25-14(16)4)8-9-18(23)24/h5-7,10H,8-9H2,1-4H3,(H,23,24)(H2,20,22,26)/b21-13-. The smallest absolute Gasteiger partial charge is 0.303 e. The van der Waals surface area contributed by atoms with Crippen molar-refractivity contribution in [2.24, 2.45) is 5.10 Å². The van der Waals surface area contributed by atoms with Crippen molar-refractivity contribution < 1.29 is 14.3 Å². The lowest BCUT2D eigenvalue weighted by Crippen LogP contribution is -2.25. The zero-order valence-electron chi connectivity index (χ0n) is 15.3. The third kappa shape index (κ3) is 5.16. The first kappa shape index (κ1) is 19.7. The average molecular weight is 373 g/mol. The van der Waals surface area contributed by atoms with Crippen LogP contribution in [0.2, 0.25) is 0 Å². The number of nitrogens with one attached hydrogen (secondary N) is 2. The summed E-state index contributed by atoms with van der Waals surface area (Å²) in [6.07, 6.45) is 0.383. The molecule has 1 aromatic heterocycles. The Morgan fingerprint density at radius 1 is 1.31 bits per heavy atom. The number of aliphatic carboxylic acids is 1. The van der Waals surface area contributed by atoms with Crippen LogP contribution in [0.1, 0.15) is 41.6 Å². The first-order valence-corrected chi connectivity index (χ1v) is 8.67. The first-order valence-electron chi connectivity index (χ1n) is 8.27. The van der Waals surface area contributed by atoms with Crippen molar-refractivity contribution in [2.75, 3.05) is 5.32 Å². The topological polar surface area (TPSA) is 86.9 Å². The van der Waals surface area contributed by atoms with Gasteiger partial charge in [-0.15, -0.1) is 0 Å². The maximum atomic E-state index is 10.7. The predicted molar refractivity (Wildman–Crippen MR) is 107 cm³/mol. The largest absolute Gasteiger partial charge is 0.481 e. The quantitative estimate of drug-likeness (QED) is 0.404. The molecule has 0 aliphatic carbocycles. The summed E-state index contributed by atoms with van der Waals surface area (Å²) in [5.41, 5.74) is 7.62. The van der Waals surface area contributed by atoms with Crippen molar-refractivity contribution in [2.45, 2.75) is 40.5 Å². The minimum absolute atomic E-state index is 0.0324. The van der Waals surface area contributed by atoms with Crippen LogP contribution in [-0.2, 0) is 11.2 Å². The van der Waals surface area contributed by atoms with Crippen LogP contribution in [0.3, 0.4) is 0 Å². The summed E-state index contributed by atoms with van der Waals surface area (Å²) in [5, 5.41) is 16.6. The number of hydrazone groups is 1. The molecule has 0 aliphatic rings. The number of aryl methyl sites for hydroxylation is 3. The monoisotopic (exact) mass is 373 g/mol. The molecule has 3 N–H and O–H groups in total. The van der Waals surface area contributed by atoms with Crippen molar-refractivity contribution >= 4 is 34.7 Å². The van der Waals surface area contributed by atoms with Gasteiger partial charge in [0.25, 0.3) is 0 Å². The van der Waals surface area contributed by atoms with Crippen LogP contribution in [0.4, 0.5) is 5.69 Å². The second-order valence-corrected chi connectivity index (χ2v) is 6.50. The SMILES string of the molecule is C/C(=N/NC(=S)Nc1cccc(C)c1C)c1cc(CCC(=O)O)oc1C. The second-order valence-electron chi connectivity index (χ2n) is 6.09. The Bertz CT molecular complexity index is 856. The average Bonchev–Trinajstić information content (AvgIpc) is 2.96. The second kappa shape index (κ2) is 8.62. The zero-order valence-corrected chi connectivity index (χ0v) is 16.2. The number of furan rings is 1. The molecule has 138 valence electrons. The van der Waals surface area contributed by atoms with Crippen LogP contribution >= 0.6 is 12.2 Å². The third-order valence-electron chi connectivity index (χ3n) is 4.12. The molecule has 0 radical (unpaired) electrons. The number of thiocarbonyl (C=S) groups is 1. The van der Waals surface area contributed by atoms with Gasteiger partial charge in [-0.1, -0.05) is 12.1 Å². The van der Waals surface area contributed by atoms with Gasteiger partial charge >= 0.3 is 5.97 Å². The van der Waals surface area contributed by atoms with E-state index < -0.39 is 5.97 Å². The number of benzene rings is 1. The molecule has 0 unspecified atom stereocenters. The summed E-state index contributed by atoms with van der Waals surface area (Å²) < 4.78 is 5.60. The van der Waals surface area contributed by atoms with Gasteiger partial charge in [-0.2, -0.15) is 5.10 Å². The van der Waals surface area contributed by atoms with Crippen molar-refractivity contribution in [3.8, 4) is 0 Å². The van der Waals surface area contributed by atoms with E-state index in [4.69, 9.17) is 21.7 Å². The van der Waals surface area contributed by atoms with Gasteiger partial charge in [0, 0.05) is 17.7 Å². The number of hydrogen-bond donors (Lipinski definition) is 3. The van der Waals surface area contributed by atoms with Gasteiger partial charge in [-0.3, -0.25) is 10.2 Å². The Balaban J connectivity index is 2.02. The molecular weight excluding hydrogens is 350 g/mol. The zero-order chi connectivity index (χ0) is 19.3. The summed E-state index contributed by atoms with van der Waals surface area (Å²) in [7, 11) is 0. The molecule has 2 aromatic rings. The maximum Gasteiger partial charge on any atom is 0.303 e. The van der Waals surface area contributed by atoms with Crippen LogP contribution in [-0.4, -0.2) is 21.9 Å². The number of nitrogens with zero attached hydrogens (tertiary/aromatic N) is 1. The van der Waals surface area contributed by atoms with Gasteiger partial charge in [-0.25, -0.2) is 0 Å². The molecule has 0 bridgehead atoms. The highest BCUT2D eigenvalue weighted by molar-refractivity contribution is 7.80. The Morgan fingerprint density at radius 3 is 2.73 bits per heavy atom. The number of carboxylic acid groups (broad SMARTS) is 1. The van der Waals surface area contributed by atoms with E-state index in [1.165, 1.54) is 5.56 Å². The van der Waals surface area contributed by atoms with Crippen LogP contribution in [0.5, 0.6) is 0 Å². The highest BCUT2D eigenvalue weighted by atomic mass is 32.1. The molecule has 2 rings (SSSR count). The summed E-state index contributed by atoms with van der Waals surface area (Å²) >= 11 is 5.30. The van der Waals surface area contributed by atoms with Gasteiger partial charge < -0.3 is 14.8 Å². The lowest BCUT2D eigenvalue weighted by molar-refractivity contribution is -0.137. The first-order chi connectivity index (χ1) is 12.3. The number of carbonyl (C=O) groups is 1. The maximum absolute atomic E-state index is 10.7. The van der Waals surface area contributed by atoms with E-state index in [1.54, 1.807) is 0 Å². The van der Waals surface area contributed by atoms with Crippen molar-refractivity contribution in [1.29, 1.82) is 0 Å². The molecule has 6 nitrogen and oxygen atoms in total. The highest BCUT2D eigenvalue weighted by Crippen LogP contribution is 2.18. The fourth-order valence-electron chi connectivity index (χ4n) is 2.49. The molecule has 0 spiro atoms. The minimum atomic E-state index is -0.851. The lowest BCUT2D eigenvalue weighted by Gasteiger charge is -2.12. The Labute approximate surface area is 158 Å². The van der Waals surface area contributed by atoms with Crippen LogP contribution in [0.15, 0.2) is 33.8 Å². The molecule has 0 fully saturated rings. The Morgan fingerprint density at radius 2 is 2.04 bits per heavy atom. The molecule has 26 heavy (non-hydrogen) atoms. The molecule has 0 amide bonds. The molecule has 7 heteroatoms. The molecule has 1 aromatic carbocycles. The van der Waals surface area contributed by atoms with Crippen molar-refractivity contribution in [3.05, 3.63) is 52.5 Å². The van der Waals surface area contributed by atoms with Gasteiger partial charge in [0.05, 0.1) is 12.1 Å². The van der Waals surface area contributed by atoms with E-state index in [0.717, 1.165) is 16.8 Å².